The van der Waals surface area contributed by atoms with Crippen LogP contribution in [0.1, 0.15) is 35.5 Å². The summed E-state index contributed by atoms with van der Waals surface area (Å²) in [5.74, 6) is 3.00. The van der Waals surface area contributed by atoms with Crippen LogP contribution in [0.4, 0.5) is 5.82 Å². The lowest BCUT2D eigenvalue weighted by atomic mass is 10.0. The summed E-state index contributed by atoms with van der Waals surface area (Å²) in [6.45, 7) is 11.8. The summed E-state index contributed by atoms with van der Waals surface area (Å²) in [5.41, 5.74) is 1.13. The number of fused-ring (bicyclic) bond motifs is 1. The predicted octanol–water partition coefficient (Wildman–Crippen LogP) is 2.33. The third-order valence-corrected chi connectivity index (χ3v) is 5.90. The van der Waals surface area contributed by atoms with E-state index in [1.165, 1.54) is 0 Å². The molecule has 2 aromatic rings. The molecule has 2 aliphatic heterocycles. The third-order valence-electron chi connectivity index (χ3n) is 5.08. The Morgan fingerprint density at radius 3 is 2.50 bits per heavy atom. The highest BCUT2D eigenvalue weighted by Crippen LogP contribution is 2.34. The monoisotopic (exact) mass is 344 g/mol. The number of anilines is 1. The quantitative estimate of drug-likeness (QED) is 0.848. The normalized spacial score (nSPS) is 24.1. The average molecular weight is 344 g/mol. The predicted molar refractivity (Wildman–Crippen MR) is 95.2 cm³/mol. The van der Waals surface area contributed by atoms with Crippen molar-refractivity contribution in [1.82, 2.24) is 25.1 Å². The first-order valence-corrected chi connectivity index (χ1v) is 9.48. The second-order valence-corrected chi connectivity index (χ2v) is 8.56. The molecule has 0 bridgehead atoms. The average Bonchev–Trinajstić information content (AvgIpc) is 3.22. The van der Waals surface area contributed by atoms with Crippen LogP contribution < -0.4 is 4.90 Å². The molecule has 2 aliphatic rings. The van der Waals surface area contributed by atoms with Crippen molar-refractivity contribution < 1.29 is 0 Å². The maximum atomic E-state index is 4.51. The number of hydrogen-bond donors (Lipinski definition) is 0. The Balaban J connectivity index is 1.38. The highest BCUT2D eigenvalue weighted by molar-refractivity contribution is 7.11. The number of rotatable bonds is 4. The molecular weight excluding hydrogens is 320 g/mol. The number of likely N-dealkylation sites (tertiary alicyclic amines) is 1. The largest absolute Gasteiger partial charge is 0.356 e. The van der Waals surface area contributed by atoms with Gasteiger partial charge in [-0.15, -0.1) is 21.5 Å². The van der Waals surface area contributed by atoms with Gasteiger partial charge in [-0.3, -0.25) is 4.90 Å². The molecule has 2 saturated heterocycles. The Hall–Kier alpha value is -1.60. The van der Waals surface area contributed by atoms with E-state index in [9.17, 15) is 0 Å². The number of hydrogen-bond acceptors (Lipinski definition) is 7. The van der Waals surface area contributed by atoms with Crippen LogP contribution in [0.15, 0.2) is 12.4 Å². The molecule has 7 heteroatoms. The summed E-state index contributed by atoms with van der Waals surface area (Å²) < 4.78 is 0. The van der Waals surface area contributed by atoms with Gasteiger partial charge in [0, 0.05) is 37.9 Å². The van der Waals surface area contributed by atoms with Gasteiger partial charge in [-0.2, -0.15) is 0 Å². The lowest BCUT2D eigenvalue weighted by Gasteiger charge is -2.22. The number of nitrogens with zero attached hydrogens (tertiary/aromatic N) is 6. The third kappa shape index (κ3) is 3.15. The highest BCUT2D eigenvalue weighted by Gasteiger charge is 2.40. The van der Waals surface area contributed by atoms with Gasteiger partial charge in [0.1, 0.15) is 22.2 Å². The van der Waals surface area contributed by atoms with E-state index in [1.54, 1.807) is 17.7 Å². The Labute approximate surface area is 146 Å². The van der Waals surface area contributed by atoms with Gasteiger partial charge >= 0.3 is 0 Å². The first-order valence-electron chi connectivity index (χ1n) is 8.66. The SMILES string of the molecule is Cc1nnc(CN2CC3CN(c4cc(C(C)C)ncn4)CC3C2)s1. The van der Waals surface area contributed by atoms with Gasteiger partial charge < -0.3 is 4.90 Å². The summed E-state index contributed by atoms with van der Waals surface area (Å²) in [6, 6.07) is 2.16. The second kappa shape index (κ2) is 6.37. The molecular formula is C17H24N6S. The molecule has 0 saturated carbocycles. The van der Waals surface area contributed by atoms with E-state index in [4.69, 9.17) is 0 Å². The van der Waals surface area contributed by atoms with Crippen LogP contribution in [0.25, 0.3) is 0 Å². The Kier molecular flexibility index (Phi) is 4.22. The first-order chi connectivity index (χ1) is 11.6. The zero-order valence-corrected chi connectivity index (χ0v) is 15.3. The first kappa shape index (κ1) is 15.9. The minimum atomic E-state index is 0.444. The maximum Gasteiger partial charge on any atom is 0.132 e. The van der Waals surface area contributed by atoms with Crippen molar-refractivity contribution in [3.8, 4) is 0 Å². The van der Waals surface area contributed by atoms with Crippen molar-refractivity contribution in [2.45, 2.75) is 33.2 Å². The Morgan fingerprint density at radius 1 is 1.12 bits per heavy atom. The van der Waals surface area contributed by atoms with E-state index in [-0.39, 0.29) is 0 Å². The van der Waals surface area contributed by atoms with Gasteiger partial charge in [-0.1, -0.05) is 13.8 Å². The van der Waals surface area contributed by atoms with Crippen molar-refractivity contribution in [3.63, 3.8) is 0 Å². The van der Waals surface area contributed by atoms with Gasteiger partial charge in [0.25, 0.3) is 0 Å². The smallest absolute Gasteiger partial charge is 0.132 e. The van der Waals surface area contributed by atoms with E-state index < -0.39 is 0 Å². The molecule has 6 nitrogen and oxygen atoms in total. The van der Waals surface area contributed by atoms with Crippen LogP contribution >= 0.6 is 11.3 Å². The molecule has 128 valence electrons. The molecule has 24 heavy (non-hydrogen) atoms. The lowest BCUT2D eigenvalue weighted by Crippen LogP contribution is -2.29. The molecule has 2 unspecified atom stereocenters. The molecule has 0 aliphatic carbocycles. The molecule has 0 N–H and O–H groups in total. The topological polar surface area (TPSA) is 58.0 Å². The van der Waals surface area contributed by atoms with Crippen molar-refractivity contribution in [1.29, 1.82) is 0 Å². The van der Waals surface area contributed by atoms with Crippen LogP contribution in [0.5, 0.6) is 0 Å². The van der Waals surface area contributed by atoms with E-state index >= 15 is 0 Å². The molecule has 2 fully saturated rings. The summed E-state index contributed by atoms with van der Waals surface area (Å²) in [6.07, 6.45) is 1.71. The summed E-state index contributed by atoms with van der Waals surface area (Å²) >= 11 is 1.71. The maximum absolute atomic E-state index is 4.51. The van der Waals surface area contributed by atoms with Gasteiger partial charge in [-0.25, -0.2) is 9.97 Å². The highest BCUT2D eigenvalue weighted by atomic mass is 32.1. The van der Waals surface area contributed by atoms with Gasteiger partial charge in [0.05, 0.1) is 6.54 Å². The fourth-order valence-electron chi connectivity index (χ4n) is 3.85. The Bertz CT molecular complexity index is 701. The molecule has 2 atom stereocenters. The van der Waals surface area contributed by atoms with Crippen LogP contribution in [-0.2, 0) is 6.54 Å². The zero-order chi connectivity index (χ0) is 16.7. The van der Waals surface area contributed by atoms with Gasteiger partial charge in [0.15, 0.2) is 0 Å². The summed E-state index contributed by atoms with van der Waals surface area (Å²) in [4.78, 5) is 13.9. The summed E-state index contributed by atoms with van der Waals surface area (Å²) in [7, 11) is 0. The van der Waals surface area contributed by atoms with Crippen molar-refractivity contribution in [3.05, 3.63) is 28.1 Å². The van der Waals surface area contributed by atoms with Crippen LogP contribution in [0.2, 0.25) is 0 Å². The van der Waals surface area contributed by atoms with Gasteiger partial charge in [-0.05, 0) is 24.7 Å². The minimum absolute atomic E-state index is 0.444. The fraction of sp³-hybridized carbons (Fsp3) is 0.647. The van der Waals surface area contributed by atoms with Gasteiger partial charge in [0.2, 0.25) is 0 Å². The van der Waals surface area contributed by atoms with Crippen LogP contribution in [-0.4, -0.2) is 51.2 Å². The van der Waals surface area contributed by atoms with E-state index in [0.717, 1.165) is 66.1 Å². The molecule has 2 aromatic heterocycles. The van der Waals surface area contributed by atoms with Crippen molar-refractivity contribution in [2.75, 3.05) is 31.1 Å². The molecule has 0 aromatic carbocycles. The number of aryl methyl sites for hydroxylation is 1. The standard InChI is InChI=1S/C17H24N6S/c1-11(2)15-4-16(19-10-18-15)23-7-13-5-22(6-14(13)8-23)9-17-21-20-12(3)24-17/h4,10-11,13-14H,5-9H2,1-3H3. The second-order valence-electron chi connectivity index (χ2n) is 7.29. The van der Waals surface area contributed by atoms with E-state index in [0.29, 0.717) is 5.92 Å². The van der Waals surface area contributed by atoms with Crippen LogP contribution in [0, 0.1) is 18.8 Å². The fourth-order valence-corrected chi connectivity index (χ4v) is 4.60. The lowest BCUT2D eigenvalue weighted by molar-refractivity contribution is 0.307. The number of aromatic nitrogens is 4. The van der Waals surface area contributed by atoms with E-state index in [1.807, 2.05) is 6.92 Å². The molecule has 0 spiro atoms. The summed E-state index contributed by atoms with van der Waals surface area (Å²) in [5, 5.41) is 10.6. The molecule has 4 heterocycles. The Morgan fingerprint density at radius 2 is 1.88 bits per heavy atom. The minimum Gasteiger partial charge on any atom is -0.356 e. The molecule has 0 radical (unpaired) electrons. The van der Waals surface area contributed by atoms with Crippen molar-refractivity contribution >= 4 is 17.2 Å². The molecule has 0 amide bonds. The van der Waals surface area contributed by atoms with Crippen molar-refractivity contribution in [2.24, 2.45) is 11.8 Å². The molecule has 4 rings (SSSR count). The van der Waals surface area contributed by atoms with E-state index in [2.05, 4.69) is 49.9 Å². The zero-order valence-electron chi connectivity index (χ0n) is 14.5. The van der Waals surface area contributed by atoms with Crippen LogP contribution in [0.3, 0.4) is 0 Å².